The second-order valence-corrected chi connectivity index (χ2v) is 4.66. The van der Waals surface area contributed by atoms with Crippen molar-refractivity contribution < 1.29 is 5.11 Å². The fraction of sp³-hybridized carbons (Fsp3) is 0.364. The van der Waals surface area contributed by atoms with Gasteiger partial charge in [0.05, 0.1) is 17.1 Å². The lowest BCUT2D eigenvalue weighted by molar-refractivity contribution is 0.166. The first kappa shape index (κ1) is 11.4. The van der Waals surface area contributed by atoms with Crippen molar-refractivity contribution in [2.75, 3.05) is 0 Å². The molecule has 0 fully saturated rings. The lowest BCUT2D eigenvalue weighted by Crippen LogP contribution is -1.99. The number of aliphatic hydroxyl groups is 1. The summed E-state index contributed by atoms with van der Waals surface area (Å²) in [6.07, 6.45) is 1.12. The summed E-state index contributed by atoms with van der Waals surface area (Å²) in [4.78, 5) is 16.5. The van der Waals surface area contributed by atoms with Crippen molar-refractivity contribution >= 4 is 27.0 Å². The standard InChI is InChI=1S/C11H13BrN2O2/c1-2-3-10(15)6-4-8-9(5-7(6)12)14-11(16)13-8/h4-5,10,15H,2-3H2,1H3,(H2,13,14,16). The van der Waals surface area contributed by atoms with Crippen molar-refractivity contribution in [3.05, 3.63) is 32.7 Å². The molecule has 0 bridgehead atoms. The highest BCUT2D eigenvalue weighted by atomic mass is 79.9. The zero-order valence-corrected chi connectivity index (χ0v) is 10.5. The number of aliphatic hydroxyl groups excluding tert-OH is 1. The third-order valence-corrected chi connectivity index (χ3v) is 3.24. The first-order valence-electron chi connectivity index (χ1n) is 5.21. The Morgan fingerprint density at radius 3 is 2.62 bits per heavy atom. The molecule has 0 saturated carbocycles. The number of hydrogen-bond donors (Lipinski definition) is 3. The van der Waals surface area contributed by atoms with E-state index in [0.717, 1.165) is 27.5 Å². The number of fused-ring (bicyclic) bond motifs is 1. The third-order valence-electron chi connectivity index (χ3n) is 2.55. The molecular weight excluding hydrogens is 272 g/mol. The van der Waals surface area contributed by atoms with Gasteiger partial charge in [-0.25, -0.2) is 4.79 Å². The summed E-state index contributed by atoms with van der Waals surface area (Å²) in [7, 11) is 0. The van der Waals surface area contributed by atoms with Crippen LogP contribution >= 0.6 is 15.9 Å². The number of hydrogen-bond acceptors (Lipinski definition) is 2. The molecule has 4 nitrogen and oxygen atoms in total. The van der Waals surface area contributed by atoms with Gasteiger partial charge in [-0.3, -0.25) is 0 Å². The number of imidazole rings is 1. The molecule has 3 N–H and O–H groups in total. The van der Waals surface area contributed by atoms with E-state index in [-0.39, 0.29) is 5.69 Å². The SMILES string of the molecule is CCCC(O)c1cc2[nH]c(=O)[nH]c2cc1Br. The maximum absolute atomic E-state index is 11.1. The Hall–Kier alpha value is -1.07. The maximum atomic E-state index is 11.1. The fourth-order valence-electron chi connectivity index (χ4n) is 1.76. The van der Waals surface area contributed by atoms with Crippen LogP contribution in [0.15, 0.2) is 21.4 Å². The van der Waals surface area contributed by atoms with Crippen molar-refractivity contribution in [2.45, 2.75) is 25.9 Å². The molecule has 1 unspecified atom stereocenters. The smallest absolute Gasteiger partial charge is 0.323 e. The van der Waals surface area contributed by atoms with Crippen LogP contribution in [0.2, 0.25) is 0 Å². The van der Waals surface area contributed by atoms with E-state index in [0.29, 0.717) is 6.42 Å². The van der Waals surface area contributed by atoms with Crippen molar-refractivity contribution in [3.63, 3.8) is 0 Å². The van der Waals surface area contributed by atoms with Gasteiger partial charge < -0.3 is 15.1 Å². The predicted molar refractivity (Wildman–Crippen MR) is 66.5 cm³/mol. The fourth-order valence-corrected chi connectivity index (χ4v) is 2.36. The van der Waals surface area contributed by atoms with Gasteiger partial charge in [0.2, 0.25) is 0 Å². The summed E-state index contributed by atoms with van der Waals surface area (Å²) >= 11 is 3.40. The van der Waals surface area contributed by atoms with Gasteiger partial charge >= 0.3 is 5.69 Å². The first-order chi connectivity index (χ1) is 7.61. The van der Waals surface area contributed by atoms with Crippen LogP contribution in [0.1, 0.15) is 31.4 Å². The van der Waals surface area contributed by atoms with Crippen molar-refractivity contribution in [3.8, 4) is 0 Å². The summed E-state index contributed by atoms with van der Waals surface area (Å²) in [5, 5.41) is 9.94. The molecule has 0 aliphatic carbocycles. The second kappa shape index (κ2) is 4.43. The summed E-state index contributed by atoms with van der Waals surface area (Å²) in [5.41, 5.74) is 2.04. The van der Waals surface area contributed by atoms with E-state index < -0.39 is 6.10 Å². The lowest BCUT2D eigenvalue weighted by Gasteiger charge is -2.11. The quantitative estimate of drug-likeness (QED) is 0.810. The number of aromatic amines is 2. The molecule has 86 valence electrons. The number of aromatic nitrogens is 2. The molecule has 2 rings (SSSR count). The molecule has 0 amide bonds. The van der Waals surface area contributed by atoms with Crippen LogP contribution in [0.4, 0.5) is 0 Å². The van der Waals surface area contributed by atoms with Crippen molar-refractivity contribution in [2.24, 2.45) is 0 Å². The molecule has 1 heterocycles. The van der Waals surface area contributed by atoms with Gasteiger partial charge in [-0.05, 0) is 24.1 Å². The molecule has 0 aliphatic rings. The zero-order chi connectivity index (χ0) is 11.7. The van der Waals surface area contributed by atoms with Crippen LogP contribution < -0.4 is 5.69 Å². The molecule has 0 aliphatic heterocycles. The van der Waals surface area contributed by atoms with E-state index in [4.69, 9.17) is 0 Å². The van der Waals surface area contributed by atoms with Gasteiger partial charge in [-0.15, -0.1) is 0 Å². The van der Waals surface area contributed by atoms with Gasteiger partial charge in [0.1, 0.15) is 0 Å². The Morgan fingerprint density at radius 1 is 1.38 bits per heavy atom. The van der Waals surface area contributed by atoms with Crippen LogP contribution in [0.3, 0.4) is 0 Å². The number of halogens is 1. The van der Waals surface area contributed by atoms with E-state index in [1.54, 1.807) is 12.1 Å². The molecule has 1 aromatic heterocycles. The Kier molecular flexibility index (Phi) is 3.16. The van der Waals surface area contributed by atoms with Gasteiger partial charge in [0.25, 0.3) is 0 Å². The number of benzene rings is 1. The Balaban J connectivity index is 2.52. The molecule has 5 heteroatoms. The van der Waals surface area contributed by atoms with E-state index >= 15 is 0 Å². The number of H-pyrrole nitrogens is 2. The average Bonchev–Trinajstić information content (AvgIpc) is 2.56. The Morgan fingerprint density at radius 2 is 2.00 bits per heavy atom. The first-order valence-corrected chi connectivity index (χ1v) is 6.00. The molecule has 0 saturated heterocycles. The average molecular weight is 285 g/mol. The summed E-state index contributed by atoms with van der Waals surface area (Å²) in [6, 6.07) is 3.61. The van der Waals surface area contributed by atoms with Crippen LogP contribution in [-0.2, 0) is 0 Å². The van der Waals surface area contributed by atoms with Crippen LogP contribution in [0, 0.1) is 0 Å². The van der Waals surface area contributed by atoms with E-state index in [1.165, 1.54) is 0 Å². The van der Waals surface area contributed by atoms with Crippen molar-refractivity contribution in [1.82, 2.24) is 9.97 Å². The van der Waals surface area contributed by atoms with Gasteiger partial charge in [-0.2, -0.15) is 0 Å². The normalized spacial score (nSPS) is 13.2. The minimum atomic E-state index is -0.498. The molecule has 1 atom stereocenters. The van der Waals surface area contributed by atoms with E-state index in [9.17, 15) is 9.90 Å². The summed E-state index contributed by atoms with van der Waals surface area (Å²) in [6.45, 7) is 2.02. The van der Waals surface area contributed by atoms with E-state index in [1.807, 2.05) is 6.92 Å². The van der Waals surface area contributed by atoms with Gasteiger partial charge in [-0.1, -0.05) is 29.3 Å². The topological polar surface area (TPSA) is 68.9 Å². The lowest BCUT2D eigenvalue weighted by atomic mass is 10.0. The predicted octanol–water partition coefficient (Wildman–Crippen LogP) is 2.45. The second-order valence-electron chi connectivity index (χ2n) is 3.80. The highest BCUT2D eigenvalue weighted by Crippen LogP contribution is 2.29. The van der Waals surface area contributed by atoms with E-state index in [2.05, 4.69) is 25.9 Å². The molecule has 2 aromatic rings. The highest BCUT2D eigenvalue weighted by molar-refractivity contribution is 9.10. The largest absolute Gasteiger partial charge is 0.388 e. The maximum Gasteiger partial charge on any atom is 0.323 e. The molecule has 1 aromatic carbocycles. The minimum Gasteiger partial charge on any atom is -0.388 e. The number of nitrogens with one attached hydrogen (secondary N) is 2. The monoisotopic (exact) mass is 284 g/mol. The van der Waals surface area contributed by atoms with Crippen molar-refractivity contribution in [1.29, 1.82) is 0 Å². The summed E-state index contributed by atoms with van der Waals surface area (Å²) < 4.78 is 0.816. The Labute approximate surface area is 101 Å². The minimum absolute atomic E-state index is 0.232. The van der Waals surface area contributed by atoms with Crippen LogP contribution in [-0.4, -0.2) is 15.1 Å². The zero-order valence-electron chi connectivity index (χ0n) is 8.88. The molecule has 0 radical (unpaired) electrons. The third kappa shape index (κ3) is 2.05. The molecule has 16 heavy (non-hydrogen) atoms. The van der Waals surface area contributed by atoms with Crippen LogP contribution in [0.5, 0.6) is 0 Å². The highest BCUT2D eigenvalue weighted by Gasteiger charge is 2.12. The summed E-state index contributed by atoms with van der Waals surface area (Å²) in [5.74, 6) is 0. The van der Waals surface area contributed by atoms with Gasteiger partial charge in [0, 0.05) is 4.47 Å². The van der Waals surface area contributed by atoms with Gasteiger partial charge in [0.15, 0.2) is 0 Å². The van der Waals surface area contributed by atoms with Crippen LogP contribution in [0.25, 0.3) is 11.0 Å². The number of rotatable bonds is 3. The molecule has 0 spiro atoms. The Bertz CT molecular complexity index is 559. The molecular formula is C11H13BrN2O2.